The lowest BCUT2D eigenvalue weighted by Gasteiger charge is -2.43. The number of hydrogen-bond acceptors (Lipinski definition) is 5. The highest BCUT2D eigenvalue weighted by Crippen LogP contribution is 2.37. The summed E-state index contributed by atoms with van der Waals surface area (Å²) in [7, 11) is 0. The first-order valence-electron chi connectivity index (χ1n) is 9.48. The van der Waals surface area contributed by atoms with Crippen molar-refractivity contribution in [3.8, 4) is 11.7 Å². The highest BCUT2D eigenvalue weighted by atomic mass is 16.6. The van der Waals surface area contributed by atoms with Gasteiger partial charge in [-0.25, -0.2) is 0 Å². The SMILES string of the molecule is C[C@]1(O)CCOC[C@@H]1[C@@H]1CCCN1Cc1ccc(Oc2ccccc2)o1. The fourth-order valence-electron chi connectivity index (χ4n) is 4.19. The molecule has 4 rings (SSSR count). The van der Waals surface area contributed by atoms with Crippen molar-refractivity contribution >= 4 is 0 Å². The van der Waals surface area contributed by atoms with E-state index in [1.54, 1.807) is 0 Å². The third-order valence-corrected chi connectivity index (χ3v) is 5.69. The molecule has 0 spiro atoms. The van der Waals surface area contributed by atoms with Gasteiger partial charge in [-0.15, -0.1) is 0 Å². The highest BCUT2D eigenvalue weighted by molar-refractivity contribution is 5.26. The molecule has 1 aromatic carbocycles. The van der Waals surface area contributed by atoms with Crippen LogP contribution in [0, 0.1) is 5.92 Å². The van der Waals surface area contributed by atoms with Gasteiger partial charge in [-0.3, -0.25) is 4.90 Å². The summed E-state index contributed by atoms with van der Waals surface area (Å²) in [5, 5.41) is 10.8. The van der Waals surface area contributed by atoms with E-state index >= 15 is 0 Å². The number of hydrogen-bond donors (Lipinski definition) is 1. The van der Waals surface area contributed by atoms with Crippen LogP contribution in [0.5, 0.6) is 11.7 Å². The van der Waals surface area contributed by atoms with Gasteiger partial charge in [0.05, 0.1) is 18.8 Å². The number of aliphatic hydroxyl groups is 1. The lowest BCUT2D eigenvalue weighted by molar-refractivity contribution is -0.124. The van der Waals surface area contributed by atoms with Crippen molar-refractivity contribution in [2.45, 2.75) is 44.4 Å². The molecule has 1 aromatic heterocycles. The summed E-state index contributed by atoms with van der Waals surface area (Å²) in [4.78, 5) is 2.42. The molecule has 3 atom stereocenters. The van der Waals surface area contributed by atoms with Gasteiger partial charge in [0.1, 0.15) is 11.5 Å². The normalized spacial score (nSPS) is 29.8. The van der Waals surface area contributed by atoms with E-state index < -0.39 is 5.60 Å². The van der Waals surface area contributed by atoms with Crippen LogP contribution in [0.25, 0.3) is 0 Å². The van der Waals surface area contributed by atoms with E-state index in [4.69, 9.17) is 13.9 Å². The van der Waals surface area contributed by atoms with Gasteiger partial charge in [-0.05, 0) is 50.9 Å². The van der Waals surface area contributed by atoms with Crippen LogP contribution in [0.3, 0.4) is 0 Å². The Labute approximate surface area is 154 Å². The van der Waals surface area contributed by atoms with Crippen LogP contribution in [0.4, 0.5) is 0 Å². The molecule has 0 unspecified atom stereocenters. The molecule has 3 heterocycles. The zero-order valence-corrected chi connectivity index (χ0v) is 15.3. The maximum absolute atomic E-state index is 10.8. The molecule has 1 N–H and O–H groups in total. The summed E-state index contributed by atoms with van der Waals surface area (Å²) in [6.45, 7) is 4.99. The van der Waals surface area contributed by atoms with Gasteiger partial charge in [0, 0.05) is 24.6 Å². The van der Waals surface area contributed by atoms with Crippen LogP contribution in [-0.2, 0) is 11.3 Å². The Morgan fingerprint density at radius 1 is 1.23 bits per heavy atom. The van der Waals surface area contributed by atoms with Crippen LogP contribution in [0.2, 0.25) is 0 Å². The highest BCUT2D eigenvalue weighted by Gasteiger charge is 2.44. The smallest absolute Gasteiger partial charge is 0.290 e. The van der Waals surface area contributed by atoms with Crippen LogP contribution in [-0.4, -0.2) is 41.4 Å². The summed E-state index contributed by atoms with van der Waals surface area (Å²) >= 11 is 0. The van der Waals surface area contributed by atoms with E-state index in [1.807, 2.05) is 49.4 Å². The second kappa shape index (κ2) is 7.43. The lowest BCUT2D eigenvalue weighted by atomic mass is 9.79. The maximum atomic E-state index is 10.8. The largest absolute Gasteiger partial charge is 0.429 e. The molecule has 0 radical (unpaired) electrons. The average molecular weight is 357 g/mol. The Hall–Kier alpha value is -1.82. The minimum atomic E-state index is -0.656. The first kappa shape index (κ1) is 17.6. The number of nitrogens with zero attached hydrogens (tertiary/aromatic N) is 1. The van der Waals surface area contributed by atoms with Gasteiger partial charge in [0.2, 0.25) is 0 Å². The summed E-state index contributed by atoms with van der Waals surface area (Å²) in [6.07, 6.45) is 2.95. The summed E-state index contributed by atoms with van der Waals surface area (Å²) in [6, 6.07) is 13.8. The second-order valence-electron chi connectivity index (χ2n) is 7.60. The fourth-order valence-corrected chi connectivity index (χ4v) is 4.19. The number of rotatable bonds is 5. The predicted molar refractivity (Wildman–Crippen MR) is 98.2 cm³/mol. The molecule has 2 saturated heterocycles. The van der Waals surface area contributed by atoms with Crippen molar-refractivity contribution in [1.29, 1.82) is 0 Å². The maximum Gasteiger partial charge on any atom is 0.290 e. The van der Waals surface area contributed by atoms with Gasteiger partial charge in [0.25, 0.3) is 5.95 Å². The minimum absolute atomic E-state index is 0.147. The average Bonchev–Trinajstić information content (AvgIpc) is 3.25. The molecule has 2 aliphatic heterocycles. The van der Waals surface area contributed by atoms with Gasteiger partial charge >= 0.3 is 0 Å². The van der Waals surface area contributed by atoms with Gasteiger partial charge < -0.3 is 19.0 Å². The second-order valence-corrected chi connectivity index (χ2v) is 7.60. The molecule has 26 heavy (non-hydrogen) atoms. The van der Waals surface area contributed by atoms with E-state index in [0.29, 0.717) is 31.6 Å². The zero-order chi connectivity index (χ0) is 18.0. The molecule has 0 aliphatic carbocycles. The third-order valence-electron chi connectivity index (χ3n) is 5.69. The number of ether oxygens (including phenoxy) is 2. The molecule has 5 nitrogen and oxygen atoms in total. The van der Waals surface area contributed by atoms with Crippen molar-refractivity contribution in [3.05, 3.63) is 48.2 Å². The van der Waals surface area contributed by atoms with Crippen molar-refractivity contribution < 1.29 is 19.0 Å². The Morgan fingerprint density at radius 2 is 2.08 bits per heavy atom. The van der Waals surface area contributed by atoms with Gasteiger partial charge in [-0.2, -0.15) is 0 Å². The van der Waals surface area contributed by atoms with Crippen molar-refractivity contribution in [2.24, 2.45) is 5.92 Å². The van der Waals surface area contributed by atoms with Crippen molar-refractivity contribution in [2.75, 3.05) is 19.8 Å². The van der Waals surface area contributed by atoms with Crippen LogP contribution in [0.1, 0.15) is 31.9 Å². The topological polar surface area (TPSA) is 55.1 Å². The molecule has 2 aliphatic rings. The van der Waals surface area contributed by atoms with E-state index in [-0.39, 0.29) is 5.92 Å². The summed E-state index contributed by atoms with van der Waals surface area (Å²) in [5.74, 6) is 2.31. The predicted octanol–water partition coefficient (Wildman–Crippen LogP) is 3.82. The Balaban J connectivity index is 1.42. The van der Waals surface area contributed by atoms with Crippen LogP contribution >= 0.6 is 0 Å². The number of para-hydroxylation sites is 1. The van der Waals surface area contributed by atoms with E-state index in [0.717, 1.165) is 37.4 Å². The first-order valence-corrected chi connectivity index (χ1v) is 9.48. The van der Waals surface area contributed by atoms with Crippen LogP contribution < -0.4 is 4.74 Å². The number of likely N-dealkylation sites (tertiary alicyclic amines) is 1. The quantitative estimate of drug-likeness (QED) is 0.881. The summed E-state index contributed by atoms with van der Waals surface area (Å²) in [5.41, 5.74) is -0.656. The Morgan fingerprint density at radius 3 is 2.88 bits per heavy atom. The first-order chi connectivity index (χ1) is 12.6. The summed E-state index contributed by atoms with van der Waals surface area (Å²) < 4.78 is 17.3. The molecule has 0 saturated carbocycles. The van der Waals surface area contributed by atoms with Gasteiger partial charge in [0.15, 0.2) is 0 Å². The monoisotopic (exact) mass is 357 g/mol. The molecule has 5 heteroatoms. The molecule has 2 aromatic rings. The van der Waals surface area contributed by atoms with Crippen molar-refractivity contribution in [1.82, 2.24) is 4.90 Å². The zero-order valence-electron chi connectivity index (χ0n) is 15.3. The molecule has 140 valence electrons. The molecular weight excluding hydrogens is 330 g/mol. The molecule has 2 fully saturated rings. The van der Waals surface area contributed by atoms with E-state index in [2.05, 4.69) is 4.90 Å². The lowest BCUT2D eigenvalue weighted by Crippen LogP contribution is -2.52. The standard InChI is InChI=1S/C21H27NO4/c1-21(23)11-13-24-15-18(21)19-8-5-12-22(19)14-17-9-10-20(26-17)25-16-6-3-2-4-7-16/h2-4,6-7,9-10,18-19,23H,5,8,11-15H2,1H3/t18-,19+,21+/m1/s1. The third kappa shape index (κ3) is 3.80. The Kier molecular flexibility index (Phi) is 5.02. The fraction of sp³-hybridized carbons (Fsp3) is 0.524. The number of furan rings is 1. The van der Waals surface area contributed by atoms with Crippen LogP contribution in [0.15, 0.2) is 46.9 Å². The molecular formula is C21H27NO4. The van der Waals surface area contributed by atoms with Gasteiger partial charge in [-0.1, -0.05) is 18.2 Å². The molecule has 0 amide bonds. The van der Waals surface area contributed by atoms with E-state index in [9.17, 15) is 5.11 Å². The Bertz CT molecular complexity index is 712. The molecule has 0 bridgehead atoms. The minimum Gasteiger partial charge on any atom is -0.429 e. The number of benzene rings is 1. The van der Waals surface area contributed by atoms with Crippen molar-refractivity contribution in [3.63, 3.8) is 0 Å². The van der Waals surface area contributed by atoms with E-state index in [1.165, 1.54) is 0 Å².